The zero-order valence-corrected chi connectivity index (χ0v) is 20.6. The number of anilines is 3. The van der Waals surface area contributed by atoms with Gasteiger partial charge in [-0.1, -0.05) is 42.3 Å². The number of carbonyl (C=O) groups is 2. The lowest BCUT2D eigenvalue weighted by molar-refractivity contribution is -0.144. The van der Waals surface area contributed by atoms with Gasteiger partial charge in [0.1, 0.15) is 17.4 Å². The SMILES string of the molecule is CCCNc1c(N[C@@H](Cc2ccc(NC(=O)c3c(Cl)cncc3Cl)cc2)C(=O)OCC)c(=O)c1=O. The smallest absolute Gasteiger partial charge is 0.328 e. The molecule has 0 unspecified atom stereocenters. The molecule has 0 bridgehead atoms. The largest absolute Gasteiger partial charge is 0.464 e. The maximum absolute atomic E-state index is 12.6. The molecule has 0 spiro atoms. The van der Waals surface area contributed by atoms with Crippen molar-refractivity contribution < 1.29 is 14.3 Å². The summed E-state index contributed by atoms with van der Waals surface area (Å²) in [4.78, 5) is 52.9. The van der Waals surface area contributed by atoms with Gasteiger partial charge in [0, 0.05) is 31.0 Å². The standard InChI is InChI=1S/C24H24Cl2N4O5/c1-3-9-28-19-20(22(32)21(19)31)30-17(24(34)35-4-2)10-13-5-7-14(8-6-13)29-23(33)18-15(25)11-27-12-16(18)26/h5-8,11-12,17,28,30H,3-4,9-10H2,1-2H3,(H,29,33)/t17-/m0/s1. The monoisotopic (exact) mass is 518 g/mol. The van der Waals surface area contributed by atoms with Gasteiger partial charge in [0.25, 0.3) is 16.8 Å². The van der Waals surface area contributed by atoms with E-state index in [0.717, 1.165) is 12.0 Å². The lowest BCUT2D eigenvalue weighted by Crippen LogP contribution is -2.43. The molecule has 3 N–H and O–H groups in total. The minimum atomic E-state index is -0.893. The highest BCUT2D eigenvalue weighted by Gasteiger charge is 2.27. The molecule has 0 saturated carbocycles. The van der Waals surface area contributed by atoms with Crippen molar-refractivity contribution in [1.82, 2.24) is 4.98 Å². The first-order valence-electron chi connectivity index (χ1n) is 11.0. The van der Waals surface area contributed by atoms with E-state index in [1.54, 1.807) is 31.2 Å². The molecule has 1 amide bonds. The van der Waals surface area contributed by atoms with Crippen LogP contribution in [0.15, 0.2) is 46.2 Å². The minimum absolute atomic E-state index is 0.0801. The molecule has 0 radical (unpaired) electrons. The number of amides is 1. The van der Waals surface area contributed by atoms with Gasteiger partial charge in [0.15, 0.2) is 0 Å². The molecule has 9 nitrogen and oxygen atoms in total. The van der Waals surface area contributed by atoms with Crippen LogP contribution in [0.25, 0.3) is 0 Å². The fraction of sp³-hybridized carbons (Fsp3) is 0.292. The average molecular weight is 519 g/mol. The molecule has 0 fully saturated rings. The normalized spacial score (nSPS) is 11.7. The number of nitrogens with zero attached hydrogens (tertiary/aromatic N) is 1. The Bertz CT molecular complexity index is 1270. The van der Waals surface area contributed by atoms with Crippen molar-refractivity contribution in [2.45, 2.75) is 32.7 Å². The van der Waals surface area contributed by atoms with Crippen molar-refractivity contribution in [3.05, 3.63) is 78.3 Å². The van der Waals surface area contributed by atoms with E-state index in [-0.39, 0.29) is 40.0 Å². The molecule has 0 aliphatic heterocycles. The van der Waals surface area contributed by atoms with Gasteiger partial charge in [-0.05, 0) is 31.0 Å². The first kappa shape index (κ1) is 26.2. The topological polar surface area (TPSA) is 126 Å². The maximum atomic E-state index is 12.6. The first-order chi connectivity index (χ1) is 16.8. The summed E-state index contributed by atoms with van der Waals surface area (Å²) < 4.78 is 5.14. The van der Waals surface area contributed by atoms with Crippen LogP contribution in [0.4, 0.5) is 17.1 Å². The summed E-state index contributed by atoms with van der Waals surface area (Å²) >= 11 is 12.1. The summed E-state index contributed by atoms with van der Waals surface area (Å²) in [6.07, 6.45) is 3.60. The van der Waals surface area contributed by atoms with Crippen LogP contribution >= 0.6 is 23.2 Å². The summed E-state index contributed by atoms with van der Waals surface area (Å²) in [5, 5.41) is 8.75. The summed E-state index contributed by atoms with van der Waals surface area (Å²) in [5.41, 5.74) is 0.295. The van der Waals surface area contributed by atoms with Gasteiger partial charge in [-0.25, -0.2) is 4.79 Å². The molecule has 0 aliphatic carbocycles. The second kappa shape index (κ2) is 11.8. The van der Waals surface area contributed by atoms with Gasteiger partial charge >= 0.3 is 5.97 Å². The summed E-state index contributed by atoms with van der Waals surface area (Å²) in [7, 11) is 0. The Labute approximate surface area is 211 Å². The number of halogens is 2. The van der Waals surface area contributed by atoms with E-state index < -0.39 is 28.8 Å². The molecule has 35 heavy (non-hydrogen) atoms. The number of esters is 1. The number of ether oxygens (including phenoxy) is 1. The average Bonchev–Trinajstić information content (AvgIpc) is 2.83. The van der Waals surface area contributed by atoms with Crippen molar-refractivity contribution >= 4 is 52.1 Å². The van der Waals surface area contributed by atoms with Gasteiger partial charge in [-0.2, -0.15) is 0 Å². The molecule has 0 aliphatic rings. The second-order valence-corrected chi connectivity index (χ2v) is 8.43. The molecule has 3 aromatic rings. The Morgan fingerprint density at radius 1 is 1.00 bits per heavy atom. The zero-order chi connectivity index (χ0) is 25.5. The van der Waals surface area contributed by atoms with Crippen LogP contribution in [0.3, 0.4) is 0 Å². The maximum Gasteiger partial charge on any atom is 0.328 e. The number of carbonyl (C=O) groups excluding carboxylic acids is 2. The van der Waals surface area contributed by atoms with Gasteiger partial charge < -0.3 is 20.7 Å². The third kappa shape index (κ3) is 6.17. The van der Waals surface area contributed by atoms with E-state index in [9.17, 15) is 19.2 Å². The van der Waals surface area contributed by atoms with E-state index in [2.05, 4.69) is 20.9 Å². The molecule has 1 aromatic heterocycles. The van der Waals surface area contributed by atoms with E-state index >= 15 is 0 Å². The summed E-state index contributed by atoms with van der Waals surface area (Å²) in [5.74, 6) is -1.05. The van der Waals surface area contributed by atoms with Crippen LogP contribution in [0.2, 0.25) is 10.0 Å². The van der Waals surface area contributed by atoms with Crippen LogP contribution in [0, 0.1) is 0 Å². The van der Waals surface area contributed by atoms with E-state index in [4.69, 9.17) is 27.9 Å². The van der Waals surface area contributed by atoms with Gasteiger partial charge in [-0.15, -0.1) is 0 Å². The van der Waals surface area contributed by atoms with Crippen molar-refractivity contribution in [3.8, 4) is 0 Å². The van der Waals surface area contributed by atoms with E-state index in [0.29, 0.717) is 12.2 Å². The molecule has 11 heteroatoms. The van der Waals surface area contributed by atoms with Crippen molar-refractivity contribution in [2.75, 3.05) is 29.1 Å². The Morgan fingerprint density at radius 2 is 1.63 bits per heavy atom. The van der Waals surface area contributed by atoms with Crippen LogP contribution in [0.5, 0.6) is 0 Å². The predicted octanol–water partition coefficient (Wildman–Crippen LogP) is 3.64. The minimum Gasteiger partial charge on any atom is -0.464 e. The highest BCUT2D eigenvalue weighted by molar-refractivity contribution is 6.40. The molecule has 2 aromatic carbocycles. The van der Waals surface area contributed by atoms with Crippen molar-refractivity contribution in [2.24, 2.45) is 0 Å². The number of hydrogen-bond donors (Lipinski definition) is 3. The second-order valence-electron chi connectivity index (χ2n) is 7.62. The third-order valence-corrected chi connectivity index (χ3v) is 5.66. The third-order valence-electron chi connectivity index (χ3n) is 5.08. The Kier molecular flexibility index (Phi) is 8.84. The zero-order valence-electron chi connectivity index (χ0n) is 19.1. The Balaban J connectivity index is 1.74. The molecule has 1 heterocycles. The van der Waals surface area contributed by atoms with Gasteiger partial charge in [-0.3, -0.25) is 19.4 Å². The van der Waals surface area contributed by atoms with E-state index in [1.165, 1.54) is 12.4 Å². The number of aromatic nitrogens is 1. The molecular formula is C24H24Cl2N4O5. The lowest BCUT2D eigenvalue weighted by atomic mass is 10.0. The van der Waals surface area contributed by atoms with Gasteiger partial charge in [0.2, 0.25) is 0 Å². The summed E-state index contributed by atoms with van der Waals surface area (Å²) in [6, 6.07) is 5.86. The molecule has 1 atom stereocenters. The number of nitrogens with one attached hydrogen (secondary N) is 3. The quantitative estimate of drug-likeness (QED) is 0.259. The van der Waals surface area contributed by atoms with Crippen LogP contribution in [-0.4, -0.2) is 36.1 Å². The van der Waals surface area contributed by atoms with Crippen molar-refractivity contribution in [1.29, 1.82) is 0 Å². The van der Waals surface area contributed by atoms with Gasteiger partial charge in [0.05, 0.1) is 22.2 Å². The predicted molar refractivity (Wildman–Crippen MR) is 137 cm³/mol. The number of rotatable bonds is 11. The lowest BCUT2D eigenvalue weighted by Gasteiger charge is -2.21. The Hall–Kier alpha value is -3.43. The Morgan fingerprint density at radius 3 is 2.23 bits per heavy atom. The molecule has 3 rings (SSSR count). The first-order valence-corrected chi connectivity index (χ1v) is 11.7. The van der Waals surface area contributed by atoms with Crippen molar-refractivity contribution in [3.63, 3.8) is 0 Å². The van der Waals surface area contributed by atoms with Crippen LogP contribution in [0.1, 0.15) is 36.2 Å². The number of benzene rings is 1. The fourth-order valence-electron chi connectivity index (χ4n) is 3.34. The number of hydrogen-bond acceptors (Lipinski definition) is 8. The molecule has 0 saturated heterocycles. The number of pyridine rings is 1. The highest BCUT2D eigenvalue weighted by Crippen LogP contribution is 2.24. The van der Waals surface area contributed by atoms with Crippen LogP contribution in [-0.2, 0) is 16.0 Å². The molecular weight excluding hydrogens is 495 g/mol. The highest BCUT2D eigenvalue weighted by atomic mass is 35.5. The molecule has 184 valence electrons. The van der Waals surface area contributed by atoms with E-state index in [1.807, 2.05) is 6.92 Å². The fourth-order valence-corrected chi connectivity index (χ4v) is 3.88. The summed E-state index contributed by atoms with van der Waals surface area (Å²) in [6.45, 7) is 4.29. The van der Waals surface area contributed by atoms with Crippen LogP contribution < -0.4 is 26.8 Å².